The second-order valence-electron chi connectivity index (χ2n) is 5.32. The number of nitrogens with zero attached hydrogens (tertiary/aromatic N) is 1. The van der Waals surface area contributed by atoms with Crippen LogP contribution in [0.2, 0.25) is 0 Å². The Labute approximate surface area is 122 Å². The number of benzene rings is 1. The normalized spacial score (nSPS) is 21.1. The number of primary sulfonamides is 1. The number of likely N-dealkylation sites (tertiary alicyclic amines) is 1. The van der Waals surface area contributed by atoms with Crippen LogP contribution in [0.5, 0.6) is 11.5 Å². The highest BCUT2D eigenvalue weighted by Crippen LogP contribution is 2.36. The second-order valence-corrected chi connectivity index (χ2v) is 6.98. The van der Waals surface area contributed by atoms with E-state index < -0.39 is 10.0 Å². The fourth-order valence-corrected chi connectivity index (χ4v) is 3.65. The van der Waals surface area contributed by atoms with Crippen molar-refractivity contribution < 1.29 is 22.7 Å². The molecular formula is C13H16N2O5S. The first-order valence-electron chi connectivity index (χ1n) is 6.58. The molecule has 2 heterocycles. The van der Waals surface area contributed by atoms with Crippen LogP contribution in [0.15, 0.2) is 18.2 Å². The Bertz CT molecular complexity index is 673. The molecule has 1 fully saturated rings. The maximum absolute atomic E-state index is 12.0. The van der Waals surface area contributed by atoms with Gasteiger partial charge < -0.3 is 14.4 Å². The quantitative estimate of drug-likeness (QED) is 0.847. The van der Waals surface area contributed by atoms with Gasteiger partial charge in [-0.25, -0.2) is 13.6 Å². The highest BCUT2D eigenvalue weighted by molar-refractivity contribution is 7.89. The van der Waals surface area contributed by atoms with E-state index in [0.29, 0.717) is 24.6 Å². The molecule has 3 rings (SSSR count). The van der Waals surface area contributed by atoms with E-state index >= 15 is 0 Å². The Morgan fingerprint density at radius 3 is 2.90 bits per heavy atom. The third-order valence-corrected chi connectivity index (χ3v) is 4.54. The maximum Gasteiger partial charge on any atom is 0.231 e. The first-order chi connectivity index (χ1) is 9.92. The average molecular weight is 312 g/mol. The van der Waals surface area contributed by atoms with Gasteiger partial charge in [0.2, 0.25) is 22.7 Å². The van der Waals surface area contributed by atoms with E-state index in [1.54, 1.807) is 11.0 Å². The number of para-hydroxylation sites is 1. The summed E-state index contributed by atoms with van der Waals surface area (Å²) in [6.45, 7) is 0.945. The molecule has 1 saturated heterocycles. The Balaban J connectivity index is 1.72. The minimum Gasteiger partial charge on any atom is -0.454 e. The topological polar surface area (TPSA) is 98.9 Å². The van der Waals surface area contributed by atoms with Crippen molar-refractivity contribution in [3.05, 3.63) is 23.8 Å². The van der Waals surface area contributed by atoms with Crippen molar-refractivity contribution in [3.63, 3.8) is 0 Å². The molecule has 0 saturated carbocycles. The van der Waals surface area contributed by atoms with Crippen LogP contribution in [0.25, 0.3) is 0 Å². The van der Waals surface area contributed by atoms with Gasteiger partial charge in [-0.15, -0.1) is 0 Å². The second kappa shape index (κ2) is 5.19. The zero-order valence-electron chi connectivity index (χ0n) is 11.3. The van der Waals surface area contributed by atoms with Gasteiger partial charge in [0.05, 0.1) is 5.75 Å². The summed E-state index contributed by atoms with van der Waals surface area (Å²) in [6.07, 6.45) is 0.211. The van der Waals surface area contributed by atoms with Crippen LogP contribution >= 0.6 is 0 Å². The minimum absolute atomic E-state index is 0.0693. The molecule has 1 atom stereocenters. The maximum atomic E-state index is 12.0. The lowest BCUT2D eigenvalue weighted by Gasteiger charge is -2.17. The first-order valence-corrected chi connectivity index (χ1v) is 8.29. The van der Waals surface area contributed by atoms with Gasteiger partial charge in [-0.2, -0.15) is 0 Å². The first kappa shape index (κ1) is 14.2. The van der Waals surface area contributed by atoms with Crippen LogP contribution in [0.4, 0.5) is 0 Å². The largest absolute Gasteiger partial charge is 0.454 e. The molecule has 114 valence electrons. The molecule has 8 heteroatoms. The van der Waals surface area contributed by atoms with Gasteiger partial charge in [0.25, 0.3) is 0 Å². The van der Waals surface area contributed by atoms with Crippen molar-refractivity contribution in [2.24, 2.45) is 11.1 Å². The van der Waals surface area contributed by atoms with Gasteiger partial charge in [-0.3, -0.25) is 4.79 Å². The molecule has 1 aromatic rings. The van der Waals surface area contributed by atoms with Crippen LogP contribution in [0.3, 0.4) is 0 Å². The fraction of sp³-hybridized carbons (Fsp3) is 0.462. The number of amides is 1. The van der Waals surface area contributed by atoms with Gasteiger partial charge in [0, 0.05) is 31.0 Å². The summed E-state index contributed by atoms with van der Waals surface area (Å²) in [4.78, 5) is 13.6. The molecule has 0 radical (unpaired) electrons. The molecule has 7 nitrogen and oxygen atoms in total. The molecule has 2 aliphatic heterocycles. The molecule has 1 amide bonds. The van der Waals surface area contributed by atoms with Crippen molar-refractivity contribution >= 4 is 15.9 Å². The van der Waals surface area contributed by atoms with Crippen molar-refractivity contribution in [1.82, 2.24) is 4.90 Å². The SMILES string of the molecule is NS(=O)(=O)CC1CC(=O)N(Cc2cccc3c2OCO3)C1. The van der Waals surface area contributed by atoms with Crippen molar-refractivity contribution in [2.45, 2.75) is 13.0 Å². The van der Waals surface area contributed by atoms with Crippen molar-refractivity contribution in [2.75, 3.05) is 19.1 Å². The number of carbonyl (C=O) groups excluding carboxylic acids is 1. The van der Waals surface area contributed by atoms with E-state index in [2.05, 4.69) is 0 Å². The van der Waals surface area contributed by atoms with Crippen LogP contribution in [0.1, 0.15) is 12.0 Å². The lowest BCUT2D eigenvalue weighted by atomic mass is 10.1. The summed E-state index contributed by atoms with van der Waals surface area (Å²) in [5.41, 5.74) is 0.856. The van der Waals surface area contributed by atoms with Crippen LogP contribution in [-0.2, 0) is 21.4 Å². The zero-order valence-corrected chi connectivity index (χ0v) is 12.1. The van der Waals surface area contributed by atoms with Crippen molar-refractivity contribution in [3.8, 4) is 11.5 Å². The third kappa shape index (κ3) is 3.11. The number of rotatable bonds is 4. The fourth-order valence-electron chi connectivity index (χ4n) is 2.77. The smallest absolute Gasteiger partial charge is 0.231 e. The molecule has 0 aromatic heterocycles. The predicted molar refractivity (Wildman–Crippen MR) is 74.1 cm³/mol. The van der Waals surface area contributed by atoms with E-state index in [0.717, 1.165) is 5.56 Å². The number of hydrogen-bond donors (Lipinski definition) is 1. The molecule has 0 spiro atoms. The van der Waals surface area contributed by atoms with Gasteiger partial charge >= 0.3 is 0 Å². The number of hydrogen-bond acceptors (Lipinski definition) is 5. The van der Waals surface area contributed by atoms with Gasteiger partial charge in [0.15, 0.2) is 11.5 Å². The lowest BCUT2D eigenvalue weighted by molar-refractivity contribution is -0.128. The Kier molecular flexibility index (Phi) is 3.50. The molecule has 2 aliphatic rings. The highest BCUT2D eigenvalue weighted by Gasteiger charge is 2.32. The Morgan fingerprint density at radius 1 is 1.33 bits per heavy atom. The summed E-state index contributed by atoms with van der Waals surface area (Å²) in [5.74, 6) is 0.837. The Morgan fingerprint density at radius 2 is 2.14 bits per heavy atom. The summed E-state index contributed by atoms with van der Waals surface area (Å²) < 4.78 is 32.9. The predicted octanol–water partition coefficient (Wildman–Crippen LogP) is 0.0523. The summed E-state index contributed by atoms with van der Waals surface area (Å²) >= 11 is 0. The van der Waals surface area contributed by atoms with Gasteiger partial charge in [0.1, 0.15) is 0 Å². The molecular weight excluding hydrogens is 296 g/mol. The minimum atomic E-state index is -3.56. The summed E-state index contributed by atoms with van der Waals surface area (Å²) in [5, 5.41) is 5.04. The molecule has 0 bridgehead atoms. The molecule has 2 N–H and O–H groups in total. The molecule has 1 aromatic carbocycles. The van der Waals surface area contributed by atoms with Crippen LogP contribution in [-0.4, -0.2) is 38.3 Å². The average Bonchev–Trinajstić information content (AvgIpc) is 2.95. The van der Waals surface area contributed by atoms with Gasteiger partial charge in [-0.05, 0) is 6.07 Å². The standard InChI is InChI=1S/C13H16N2O5S/c14-21(17,18)7-9-4-12(16)15(5-9)6-10-2-1-3-11-13(10)20-8-19-11/h1-3,9H,4-8H2,(H2,14,17,18). The van der Waals surface area contributed by atoms with Gasteiger partial charge in [-0.1, -0.05) is 12.1 Å². The van der Waals surface area contributed by atoms with Crippen LogP contribution < -0.4 is 14.6 Å². The molecule has 0 aliphatic carbocycles. The number of ether oxygens (including phenoxy) is 2. The third-order valence-electron chi connectivity index (χ3n) is 3.60. The van der Waals surface area contributed by atoms with Crippen molar-refractivity contribution in [1.29, 1.82) is 0 Å². The van der Waals surface area contributed by atoms with E-state index in [9.17, 15) is 13.2 Å². The van der Waals surface area contributed by atoms with E-state index in [-0.39, 0.29) is 30.8 Å². The number of nitrogens with two attached hydrogens (primary N) is 1. The Hall–Kier alpha value is -1.80. The number of carbonyl (C=O) groups is 1. The van der Waals surface area contributed by atoms with E-state index in [1.807, 2.05) is 12.1 Å². The number of fused-ring (bicyclic) bond motifs is 1. The summed E-state index contributed by atoms with van der Waals surface area (Å²) in [6, 6.07) is 5.51. The number of sulfonamides is 1. The van der Waals surface area contributed by atoms with E-state index in [4.69, 9.17) is 14.6 Å². The summed E-state index contributed by atoms with van der Waals surface area (Å²) in [7, 11) is -3.56. The highest BCUT2D eigenvalue weighted by atomic mass is 32.2. The molecule has 21 heavy (non-hydrogen) atoms. The van der Waals surface area contributed by atoms with Crippen LogP contribution in [0, 0.1) is 5.92 Å². The monoisotopic (exact) mass is 312 g/mol. The zero-order chi connectivity index (χ0) is 15.0. The van der Waals surface area contributed by atoms with E-state index in [1.165, 1.54) is 0 Å². The molecule has 1 unspecified atom stereocenters. The lowest BCUT2D eigenvalue weighted by Crippen LogP contribution is -2.27.